The van der Waals surface area contributed by atoms with E-state index in [2.05, 4.69) is 0 Å². The zero-order valence-corrected chi connectivity index (χ0v) is 9.42. The van der Waals surface area contributed by atoms with Crippen molar-refractivity contribution in [1.29, 1.82) is 0 Å². The van der Waals surface area contributed by atoms with Crippen LogP contribution in [0.15, 0.2) is 42.6 Å². The molecular weight excluding hydrogens is 202 g/mol. The Morgan fingerprint density at radius 3 is 2.69 bits per heavy atom. The van der Waals surface area contributed by atoms with E-state index in [0.29, 0.717) is 0 Å². The molecule has 1 aromatic heterocycles. The summed E-state index contributed by atoms with van der Waals surface area (Å²) in [5, 5.41) is 10.2. The van der Waals surface area contributed by atoms with Gasteiger partial charge in [0.15, 0.2) is 0 Å². The molecule has 0 fully saturated rings. The van der Waals surface area contributed by atoms with Crippen molar-refractivity contribution in [1.82, 2.24) is 4.57 Å². The Morgan fingerprint density at radius 2 is 2.06 bits per heavy atom. The van der Waals surface area contributed by atoms with E-state index in [1.54, 1.807) is 7.11 Å². The first-order valence-electron chi connectivity index (χ1n) is 5.15. The van der Waals surface area contributed by atoms with Gasteiger partial charge in [0.2, 0.25) is 0 Å². The summed E-state index contributed by atoms with van der Waals surface area (Å²) in [6.07, 6.45) is 1.30. The molecular formula is C13H15NO2. The summed E-state index contributed by atoms with van der Waals surface area (Å²) in [6.45, 7) is 0. The van der Waals surface area contributed by atoms with Crippen LogP contribution in [0.25, 0.3) is 0 Å². The summed E-state index contributed by atoms with van der Waals surface area (Å²) in [6, 6.07) is 11.3. The maximum Gasteiger partial charge on any atom is 0.119 e. The van der Waals surface area contributed by atoms with Gasteiger partial charge in [0.1, 0.15) is 11.9 Å². The lowest BCUT2D eigenvalue weighted by atomic mass is 10.1. The van der Waals surface area contributed by atoms with Gasteiger partial charge in [-0.15, -0.1) is 0 Å². The Hall–Kier alpha value is -1.74. The lowest BCUT2D eigenvalue weighted by Gasteiger charge is -2.13. The largest absolute Gasteiger partial charge is 0.497 e. The number of aliphatic hydroxyl groups excluding tert-OH is 1. The molecule has 2 aromatic rings. The topological polar surface area (TPSA) is 34.4 Å². The van der Waals surface area contributed by atoms with Crippen LogP contribution in [0.2, 0.25) is 0 Å². The number of methoxy groups -OCH3 is 1. The average molecular weight is 217 g/mol. The van der Waals surface area contributed by atoms with Crippen molar-refractivity contribution in [2.24, 2.45) is 7.05 Å². The molecule has 84 valence electrons. The summed E-state index contributed by atoms with van der Waals surface area (Å²) >= 11 is 0. The number of hydrogen-bond donors (Lipinski definition) is 1. The number of aliphatic hydroxyl groups is 1. The quantitative estimate of drug-likeness (QED) is 0.854. The van der Waals surface area contributed by atoms with Crippen LogP contribution in [0.3, 0.4) is 0 Å². The summed E-state index contributed by atoms with van der Waals surface area (Å²) in [5.41, 5.74) is 1.70. The van der Waals surface area contributed by atoms with Gasteiger partial charge in [0, 0.05) is 13.2 Å². The highest BCUT2D eigenvalue weighted by Crippen LogP contribution is 2.24. The van der Waals surface area contributed by atoms with Crippen LogP contribution in [0.5, 0.6) is 5.75 Å². The second-order valence-electron chi connectivity index (χ2n) is 3.72. The molecule has 0 aliphatic heterocycles. The number of nitrogens with zero attached hydrogens (tertiary/aromatic N) is 1. The van der Waals surface area contributed by atoms with Gasteiger partial charge in [-0.2, -0.15) is 0 Å². The summed E-state index contributed by atoms with van der Waals surface area (Å²) in [7, 11) is 3.53. The second-order valence-corrected chi connectivity index (χ2v) is 3.72. The van der Waals surface area contributed by atoms with Gasteiger partial charge in [0.05, 0.1) is 12.8 Å². The van der Waals surface area contributed by atoms with E-state index < -0.39 is 6.10 Å². The monoisotopic (exact) mass is 217 g/mol. The number of aromatic nitrogens is 1. The Balaban J connectivity index is 2.33. The van der Waals surface area contributed by atoms with Crippen LogP contribution in [-0.2, 0) is 7.05 Å². The first-order valence-corrected chi connectivity index (χ1v) is 5.15. The molecule has 1 aromatic carbocycles. The van der Waals surface area contributed by atoms with Crippen LogP contribution < -0.4 is 4.74 Å². The van der Waals surface area contributed by atoms with E-state index in [4.69, 9.17) is 4.74 Å². The van der Waals surface area contributed by atoms with Gasteiger partial charge >= 0.3 is 0 Å². The molecule has 16 heavy (non-hydrogen) atoms. The highest BCUT2D eigenvalue weighted by Gasteiger charge is 2.13. The zero-order chi connectivity index (χ0) is 11.5. The van der Waals surface area contributed by atoms with Crippen molar-refractivity contribution in [3.63, 3.8) is 0 Å². The molecule has 3 heteroatoms. The maximum absolute atomic E-state index is 10.2. The third kappa shape index (κ3) is 1.95. The second kappa shape index (κ2) is 4.41. The fourth-order valence-corrected chi connectivity index (χ4v) is 1.74. The highest BCUT2D eigenvalue weighted by molar-refractivity contribution is 5.33. The molecule has 0 aliphatic carbocycles. The van der Waals surface area contributed by atoms with E-state index in [9.17, 15) is 5.11 Å². The Bertz CT molecular complexity index is 476. The lowest BCUT2D eigenvalue weighted by molar-refractivity contribution is 0.211. The van der Waals surface area contributed by atoms with Crippen molar-refractivity contribution in [2.45, 2.75) is 6.10 Å². The molecule has 0 spiro atoms. The van der Waals surface area contributed by atoms with E-state index in [0.717, 1.165) is 17.0 Å². The predicted molar refractivity (Wildman–Crippen MR) is 62.5 cm³/mol. The zero-order valence-electron chi connectivity index (χ0n) is 9.42. The van der Waals surface area contributed by atoms with Gasteiger partial charge in [-0.05, 0) is 29.8 Å². The van der Waals surface area contributed by atoms with Crippen molar-refractivity contribution in [2.75, 3.05) is 7.11 Å². The molecule has 0 radical (unpaired) electrons. The first-order chi connectivity index (χ1) is 7.72. The van der Waals surface area contributed by atoms with Crippen molar-refractivity contribution < 1.29 is 9.84 Å². The third-order valence-electron chi connectivity index (χ3n) is 2.67. The predicted octanol–water partition coefficient (Wildman–Crippen LogP) is 2.12. The normalized spacial score (nSPS) is 12.4. The Morgan fingerprint density at radius 1 is 1.25 bits per heavy atom. The number of ether oxygens (including phenoxy) is 1. The molecule has 0 bridgehead atoms. The minimum Gasteiger partial charge on any atom is -0.497 e. The van der Waals surface area contributed by atoms with Crippen molar-refractivity contribution in [3.05, 3.63) is 53.9 Å². The molecule has 1 N–H and O–H groups in total. The van der Waals surface area contributed by atoms with Crippen LogP contribution in [0.4, 0.5) is 0 Å². The third-order valence-corrected chi connectivity index (χ3v) is 2.67. The number of hydrogen-bond acceptors (Lipinski definition) is 2. The summed E-state index contributed by atoms with van der Waals surface area (Å²) in [5.74, 6) is 0.755. The molecule has 1 atom stereocenters. The summed E-state index contributed by atoms with van der Waals surface area (Å²) < 4.78 is 7.04. The highest BCUT2D eigenvalue weighted by atomic mass is 16.5. The molecule has 2 rings (SSSR count). The van der Waals surface area contributed by atoms with Crippen LogP contribution in [0, 0.1) is 0 Å². The van der Waals surface area contributed by atoms with E-state index in [-0.39, 0.29) is 0 Å². The maximum atomic E-state index is 10.2. The summed E-state index contributed by atoms with van der Waals surface area (Å²) in [4.78, 5) is 0. The van der Waals surface area contributed by atoms with Gasteiger partial charge in [-0.25, -0.2) is 0 Å². The first kappa shape index (κ1) is 10.8. The number of aryl methyl sites for hydroxylation is 1. The van der Waals surface area contributed by atoms with Gasteiger partial charge in [0.25, 0.3) is 0 Å². The molecule has 0 saturated heterocycles. The van der Waals surface area contributed by atoms with Crippen molar-refractivity contribution in [3.8, 4) is 5.75 Å². The van der Waals surface area contributed by atoms with Crippen molar-refractivity contribution >= 4 is 0 Å². The lowest BCUT2D eigenvalue weighted by Crippen LogP contribution is -2.05. The molecule has 1 heterocycles. The molecule has 0 unspecified atom stereocenters. The van der Waals surface area contributed by atoms with Crippen LogP contribution >= 0.6 is 0 Å². The number of rotatable bonds is 3. The van der Waals surface area contributed by atoms with E-state index in [1.807, 2.05) is 54.2 Å². The minimum absolute atomic E-state index is 0.616. The van der Waals surface area contributed by atoms with E-state index >= 15 is 0 Å². The van der Waals surface area contributed by atoms with Crippen LogP contribution in [-0.4, -0.2) is 16.8 Å². The standard InChI is InChI=1S/C13H15NO2/c1-14-8-4-7-12(14)13(15)10-5-3-6-11(9-10)16-2/h3-9,13,15H,1-2H3/t13-/m1/s1. The Labute approximate surface area is 94.9 Å². The SMILES string of the molecule is COc1cccc([C@@H](O)c2cccn2C)c1. The fraction of sp³-hybridized carbons (Fsp3) is 0.231. The van der Waals surface area contributed by atoms with Gasteiger partial charge < -0.3 is 14.4 Å². The van der Waals surface area contributed by atoms with Crippen LogP contribution in [0.1, 0.15) is 17.4 Å². The molecule has 0 saturated carbocycles. The molecule has 0 aliphatic rings. The molecule has 0 amide bonds. The smallest absolute Gasteiger partial charge is 0.119 e. The number of benzene rings is 1. The van der Waals surface area contributed by atoms with Gasteiger partial charge in [-0.1, -0.05) is 12.1 Å². The van der Waals surface area contributed by atoms with Gasteiger partial charge in [-0.3, -0.25) is 0 Å². The Kier molecular flexibility index (Phi) is 2.97. The molecule has 3 nitrogen and oxygen atoms in total. The fourth-order valence-electron chi connectivity index (χ4n) is 1.74. The average Bonchev–Trinajstić information content (AvgIpc) is 2.74. The van der Waals surface area contributed by atoms with E-state index in [1.165, 1.54) is 0 Å². The minimum atomic E-state index is -0.616.